The minimum atomic E-state index is -0.164. The molecule has 0 aliphatic carbocycles. The minimum absolute atomic E-state index is 0.0747. The molecule has 7 heteroatoms. The number of amides is 2. The van der Waals surface area contributed by atoms with Crippen LogP contribution in [0, 0.1) is 0 Å². The van der Waals surface area contributed by atoms with Gasteiger partial charge in [0.25, 0.3) is 5.91 Å². The number of halogens is 2. The van der Waals surface area contributed by atoms with Crippen molar-refractivity contribution in [3.63, 3.8) is 0 Å². The molecule has 1 fully saturated rings. The van der Waals surface area contributed by atoms with E-state index in [4.69, 9.17) is 23.2 Å². The summed E-state index contributed by atoms with van der Waals surface area (Å²) in [6, 6.07) is 12.4. The quantitative estimate of drug-likeness (QED) is 0.764. The first-order valence-corrected chi connectivity index (χ1v) is 9.62. The van der Waals surface area contributed by atoms with Crippen LogP contribution in [0.5, 0.6) is 0 Å². The van der Waals surface area contributed by atoms with E-state index in [0.29, 0.717) is 27.8 Å². The highest BCUT2D eigenvalue weighted by Gasteiger charge is 2.19. The zero-order valence-corrected chi connectivity index (χ0v) is 16.3. The molecule has 0 aromatic heterocycles. The van der Waals surface area contributed by atoms with Crippen molar-refractivity contribution in [3.05, 3.63) is 63.6 Å². The highest BCUT2D eigenvalue weighted by Crippen LogP contribution is 2.25. The van der Waals surface area contributed by atoms with Crippen molar-refractivity contribution in [1.29, 1.82) is 0 Å². The Kier molecular flexibility index (Phi) is 6.58. The summed E-state index contributed by atoms with van der Waals surface area (Å²) in [7, 11) is 0. The number of hydrogen-bond donors (Lipinski definition) is 2. The third-order valence-electron chi connectivity index (χ3n) is 4.45. The van der Waals surface area contributed by atoms with Crippen molar-refractivity contribution >= 4 is 40.7 Å². The average Bonchev–Trinajstić information content (AvgIpc) is 3.21. The second-order valence-electron chi connectivity index (χ2n) is 6.45. The molecule has 0 unspecified atom stereocenters. The van der Waals surface area contributed by atoms with Crippen molar-refractivity contribution in [1.82, 2.24) is 10.2 Å². The molecule has 2 amide bonds. The van der Waals surface area contributed by atoms with E-state index in [2.05, 4.69) is 10.6 Å². The molecule has 5 nitrogen and oxygen atoms in total. The summed E-state index contributed by atoms with van der Waals surface area (Å²) in [5.74, 6) is -0.0889. The molecule has 142 valence electrons. The van der Waals surface area contributed by atoms with Gasteiger partial charge in [-0.05, 0) is 48.7 Å². The smallest absolute Gasteiger partial charge is 0.253 e. The maximum atomic E-state index is 12.3. The lowest BCUT2D eigenvalue weighted by atomic mass is 10.1. The predicted octanol–water partition coefficient (Wildman–Crippen LogP) is 3.96. The van der Waals surface area contributed by atoms with Crippen molar-refractivity contribution < 1.29 is 9.59 Å². The van der Waals surface area contributed by atoms with E-state index in [9.17, 15) is 9.59 Å². The van der Waals surface area contributed by atoms with E-state index in [0.717, 1.165) is 31.5 Å². The van der Waals surface area contributed by atoms with Gasteiger partial charge in [0.15, 0.2) is 0 Å². The van der Waals surface area contributed by atoms with E-state index < -0.39 is 0 Å². The molecule has 0 bridgehead atoms. The highest BCUT2D eigenvalue weighted by atomic mass is 35.5. The van der Waals surface area contributed by atoms with Crippen LogP contribution in [0.1, 0.15) is 28.8 Å². The van der Waals surface area contributed by atoms with Crippen LogP contribution >= 0.6 is 23.2 Å². The molecule has 2 aromatic rings. The molecule has 0 saturated carbocycles. The van der Waals surface area contributed by atoms with Gasteiger partial charge in [0.05, 0.1) is 17.3 Å². The molecule has 3 rings (SSSR count). The van der Waals surface area contributed by atoms with Crippen LogP contribution in [0.25, 0.3) is 0 Å². The Morgan fingerprint density at radius 2 is 1.70 bits per heavy atom. The molecule has 2 N–H and O–H groups in total. The molecule has 2 aromatic carbocycles. The zero-order valence-electron chi connectivity index (χ0n) is 14.8. The average molecular weight is 406 g/mol. The molecular weight excluding hydrogens is 385 g/mol. The van der Waals surface area contributed by atoms with E-state index in [1.807, 2.05) is 29.2 Å². The second-order valence-corrected chi connectivity index (χ2v) is 7.29. The lowest BCUT2D eigenvalue weighted by Gasteiger charge is -2.15. The molecular formula is C20H21Cl2N3O2. The van der Waals surface area contributed by atoms with E-state index in [1.165, 1.54) is 0 Å². The summed E-state index contributed by atoms with van der Waals surface area (Å²) in [5.41, 5.74) is 2.23. The van der Waals surface area contributed by atoms with Crippen molar-refractivity contribution in [2.75, 3.05) is 25.0 Å². The fourth-order valence-corrected chi connectivity index (χ4v) is 3.30. The largest absolute Gasteiger partial charge is 0.375 e. The normalized spacial score (nSPS) is 13.5. The fraction of sp³-hybridized carbons (Fsp3) is 0.300. The maximum Gasteiger partial charge on any atom is 0.253 e. The zero-order chi connectivity index (χ0) is 19.2. The number of nitrogens with zero attached hydrogens (tertiary/aromatic N) is 1. The molecule has 1 saturated heterocycles. The molecule has 0 spiro atoms. The maximum absolute atomic E-state index is 12.3. The number of carbonyl (C=O) groups is 2. The summed E-state index contributed by atoms with van der Waals surface area (Å²) in [6.07, 6.45) is 2.15. The van der Waals surface area contributed by atoms with Crippen molar-refractivity contribution in [3.8, 4) is 0 Å². The van der Waals surface area contributed by atoms with Crippen molar-refractivity contribution in [2.45, 2.75) is 19.4 Å². The lowest BCUT2D eigenvalue weighted by Crippen LogP contribution is -2.29. The van der Waals surface area contributed by atoms with Gasteiger partial charge in [-0.1, -0.05) is 35.3 Å². The Hall–Kier alpha value is -2.24. The molecule has 1 heterocycles. The Balaban J connectivity index is 1.47. The number of nitrogens with one attached hydrogen (secondary N) is 2. The van der Waals surface area contributed by atoms with Crippen LogP contribution in [-0.2, 0) is 11.3 Å². The number of benzene rings is 2. The van der Waals surface area contributed by atoms with Gasteiger partial charge in [-0.3, -0.25) is 9.59 Å². The highest BCUT2D eigenvalue weighted by molar-refractivity contribution is 6.35. The Morgan fingerprint density at radius 1 is 1.00 bits per heavy atom. The topological polar surface area (TPSA) is 61.4 Å². The van der Waals surface area contributed by atoms with Crippen LogP contribution in [0.4, 0.5) is 5.69 Å². The van der Waals surface area contributed by atoms with Gasteiger partial charge < -0.3 is 15.5 Å². The van der Waals surface area contributed by atoms with E-state index >= 15 is 0 Å². The number of anilines is 1. The first-order chi connectivity index (χ1) is 13.0. The second kappa shape index (κ2) is 9.11. The SMILES string of the molecule is O=C(CNc1cc(Cl)ccc1Cl)NCc1ccc(C(=O)N2CCCC2)cc1. The lowest BCUT2D eigenvalue weighted by molar-refractivity contribution is -0.119. The molecule has 27 heavy (non-hydrogen) atoms. The van der Waals surface area contributed by atoms with Crippen LogP contribution in [-0.4, -0.2) is 36.3 Å². The van der Waals surface area contributed by atoms with Gasteiger partial charge in [-0.2, -0.15) is 0 Å². The predicted molar refractivity (Wildman–Crippen MR) is 108 cm³/mol. The van der Waals surface area contributed by atoms with E-state index in [-0.39, 0.29) is 18.4 Å². The fourth-order valence-electron chi connectivity index (χ4n) is 2.94. The summed E-state index contributed by atoms with van der Waals surface area (Å²) in [6.45, 7) is 2.15. The summed E-state index contributed by atoms with van der Waals surface area (Å²) >= 11 is 12.0. The molecule has 0 atom stereocenters. The molecule has 0 radical (unpaired) electrons. The Labute approximate surface area is 168 Å². The van der Waals surface area contributed by atoms with Gasteiger partial charge in [0, 0.05) is 30.2 Å². The van der Waals surface area contributed by atoms with Crippen LogP contribution in [0.2, 0.25) is 10.0 Å². The van der Waals surface area contributed by atoms with Crippen LogP contribution < -0.4 is 10.6 Å². The number of carbonyl (C=O) groups excluding carboxylic acids is 2. The van der Waals surface area contributed by atoms with E-state index in [1.54, 1.807) is 18.2 Å². The Morgan fingerprint density at radius 3 is 2.41 bits per heavy atom. The third kappa shape index (κ3) is 5.37. The van der Waals surface area contributed by atoms with Crippen molar-refractivity contribution in [2.24, 2.45) is 0 Å². The van der Waals surface area contributed by atoms with Crippen LogP contribution in [0.3, 0.4) is 0 Å². The summed E-state index contributed by atoms with van der Waals surface area (Å²) < 4.78 is 0. The van der Waals surface area contributed by atoms with Gasteiger partial charge in [-0.15, -0.1) is 0 Å². The van der Waals surface area contributed by atoms with Gasteiger partial charge in [-0.25, -0.2) is 0 Å². The minimum Gasteiger partial charge on any atom is -0.375 e. The summed E-state index contributed by atoms with van der Waals surface area (Å²) in [4.78, 5) is 26.2. The summed E-state index contributed by atoms with van der Waals surface area (Å²) in [5, 5.41) is 6.85. The number of hydrogen-bond acceptors (Lipinski definition) is 3. The van der Waals surface area contributed by atoms with Gasteiger partial charge in [0.2, 0.25) is 5.91 Å². The standard InChI is InChI=1S/C20H21Cl2N3O2/c21-16-7-8-17(22)18(11-16)23-13-19(26)24-12-14-3-5-15(6-4-14)20(27)25-9-1-2-10-25/h3-8,11,23H,1-2,9-10,12-13H2,(H,24,26). The first kappa shape index (κ1) is 19.5. The van der Waals surface area contributed by atoms with Gasteiger partial charge in [0.1, 0.15) is 0 Å². The third-order valence-corrected chi connectivity index (χ3v) is 5.02. The van der Waals surface area contributed by atoms with Gasteiger partial charge >= 0.3 is 0 Å². The van der Waals surface area contributed by atoms with Crippen LogP contribution in [0.15, 0.2) is 42.5 Å². The number of rotatable bonds is 6. The number of likely N-dealkylation sites (tertiary alicyclic amines) is 1. The Bertz CT molecular complexity index is 818. The molecule has 1 aliphatic rings. The monoisotopic (exact) mass is 405 g/mol. The molecule has 1 aliphatic heterocycles. The first-order valence-electron chi connectivity index (χ1n) is 8.87.